The van der Waals surface area contributed by atoms with Gasteiger partial charge in [0.2, 0.25) is 0 Å². The molecule has 18 heavy (non-hydrogen) atoms. The van der Waals surface area contributed by atoms with E-state index in [2.05, 4.69) is 10.3 Å². The minimum Gasteiger partial charge on any atom is -0.464 e. The maximum atomic E-state index is 11.5. The second-order valence-electron chi connectivity index (χ2n) is 3.93. The van der Waals surface area contributed by atoms with Crippen LogP contribution < -0.4 is 5.32 Å². The Kier molecular flexibility index (Phi) is 3.36. The van der Waals surface area contributed by atoms with Crippen LogP contribution in [-0.4, -0.2) is 23.6 Å². The van der Waals surface area contributed by atoms with Crippen LogP contribution in [0.1, 0.15) is 15.2 Å². The van der Waals surface area contributed by atoms with E-state index >= 15 is 0 Å². The van der Waals surface area contributed by atoms with E-state index in [-0.39, 0.29) is 12.0 Å². The predicted molar refractivity (Wildman–Crippen MR) is 71.5 cm³/mol. The van der Waals surface area contributed by atoms with Crippen LogP contribution >= 0.6 is 0 Å². The lowest BCUT2D eigenvalue weighted by molar-refractivity contribution is -0.143. The van der Waals surface area contributed by atoms with Crippen molar-refractivity contribution in [2.24, 2.45) is 0 Å². The highest BCUT2D eigenvalue weighted by Crippen LogP contribution is 2.15. The average Bonchev–Trinajstić information content (AvgIpc) is 2.39. The molecule has 0 unspecified atom stereocenters. The van der Waals surface area contributed by atoms with Crippen LogP contribution in [0.25, 0.3) is 10.9 Å². The van der Waals surface area contributed by atoms with Crippen molar-refractivity contribution in [3.8, 4) is 0 Å². The maximum Gasteiger partial charge on any atom is 0.328 e. The molecule has 0 amide bonds. The Hall–Kier alpha value is -2.10. The third-order valence-corrected chi connectivity index (χ3v) is 2.53. The molecule has 0 saturated carbocycles. The molecule has 4 heteroatoms. The first-order valence-corrected chi connectivity index (χ1v) is 5.91. The van der Waals surface area contributed by atoms with Crippen LogP contribution in [0.3, 0.4) is 0 Å². The molecule has 0 bridgehead atoms. The third-order valence-electron chi connectivity index (χ3n) is 2.53. The van der Waals surface area contributed by atoms with E-state index in [1.165, 1.54) is 0 Å². The number of para-hydroxylation sites is 1. The highest BCUT2D eigenvalue weighted by molar-refractivity contribution is 5.82. The first kappa shape index (κ1) is 11.0. The molecule has 0 fully saturated rings. The summed E-state index contributed by atoms with van der Waals surface area (Å²) in [6, 6.07) is 9.01. The lowest BCUT2D eigenvalue weighted by Crippen LogP contribution is -2.28. The zero-order chi connectivity index (χ0) is 13.8. The predicted octanol–water partition coefficient (Wildman–Crippen LogP) is 2.60. The number of hydrogen-bond acceptors (Lipinski definition) is 4. The largest absolute Gasteiger partial charge is 0.464 e. The molecular weight excluding hydrogens is 228 g/mol. The Morgan fingerprint density at radius 2 is 2.28 bits per heavy atom. The number of nitrogens with zero attached hydrogens (tertiary/aromatic N) is 1. The molecule has 1 heterocycles. The minimum absolute atomic E-state index is 0.259. The van der Waals surface area contributed by atoms with Crippen molar-refractivity contribution in [3.63, 3.8) is 0 Å². The molecule has 1 aromatic carbocycles. The van der Waals surface area contributed by atoms with Crippen LogP contribution in [0, 0.1) is 0 Å². The van der Waals surface area contributed by atoms with Gasteiger partial charge in [-0.25, -0.2) is 9.78 Å². The Labute approximate surface area is 107 Å². The van der Waals surface area contributed by atoms with Crippen molar-refractivity contribution in [2.75, 3.05) is 11.9 Å². The topological polar surface area (TPSA) is 51.2 Å². The molecular formula is C14H16N2O2. The van der Waals surface area contributed by atoms with E-state index in [1.807, 2.05) is 24.3 Å². The van der Waals surface area contributed by atoms with Gasteiger partial charge >= 0.3 is 5.97 Å². The molecule has 0 saturated heterocycles. The van der Waals surface area contributed by atoms with E-state index in [0.29, 0.717) is 12.4 Å². The molecule has 0 aliphatic carbocycles. The van der Waals surface area contributed by atoms with Gasteiger partial charge in [-0.05, 0) is 32.0 Å². The van der Waals surface area contributed by atoms with Gasteiger partial charge in [-0.1, -0.05) is 18.2 Å². The van der Waals surface area contributed by atoms with Crippen molar-refractivity contribution in [1.82, 2.24) is 4.98 Å². The fourth-order valence-corrected chi connectivity index (χ4v) is 1.62. The number of carbonyl (C=O) groups is 1. The van der Waals surface area contributed by atoms with E-state index < -0.39 is 6.04 Å². The van der Waals surface area contributed by atoms with Crippen molar-refractivity contribution in [3.05, 3.63) is 36.4 Å². The highest BCUT2D eigenvalue weighted by Gasteiger charge is 2.13. The Morgan fingerprint density at radius 1 is 1.50 bits per heavy atom. The molecule has 1 N–H and O–H groups in total. The first-order chi connectivity index (χ1) is 9.11. The molecule has 2 rings (SSSR count). The van der Waals surface area contributed by atoms with Crippen molar-refractivity contribution in [2.45, 2.75) is 19.9 Å². The van der Waals surface area contributed by atoms with Crippen molar-refractivity contribution >= 4 is 22.7 Å². The number of anilines is 1. The van der Waals surface area contributed by atoms with Gasteiger partial charge < -0.3 is 10.1 Å². The monoisotopic (exact) mass is 245 g/mol. The first-order valence-electron chi connectivity index (χ1n) is 6.41. The number of fused-ring (bicyclic) bond motifs is 1. The van der Waals surface area contributed by atoms with Crippen LogP contribution in [0.4, 0.5) is 5.82 Å². The number of esters is 1. The summed E-state index contributed by atoms with van der Waals surface area (Å²) < 4.78 is 12.8. The maximum absolute atomic E-state index is 11.5. The molecule has 94 valence electrons. The summed E-state index contributed by atoms with van der Waals surface area (Å²) in [6.07, 6.45) is 0. The second kappa shape index (κ2) is 5.49. The fourth-order valence-electron chi connectivity index (χ4n) is 1.62. The fraction of sp³-hybridized carbons (Fsp3) is 0.286. The van der Waals surface area contributed by atoms with E-state index in [9.17, 15) is 4.79 Å². The van der Waals surface area contributed by atoms with Gasteiger partial charge in [-0.15, -0.1) is 0 Å². The molecule has 4 nitrogen and oxygen atoms in total. The summed E-state index contributed by atoms with van der Waals surface area (Å²) in [5.41, 5.74) is 0.789. The SMILES string of the molecule is [2H]c1cc2ccccc2nc1N[C@@H](C)C(=O)OCC. The zero-order valence-electron chi connectivity index (χ0n) is 11.4. The average molecular weight is 245 g/mol. The number of benzene rings is 1. The van der Waals surface area contributed by atoms with E-state index in [1.54, 1.807) is 19.9 Å². The van der Waals surface area contributed by atoms with Gasteiger partial charge in [0.25, 0.3) is 0 Å². The lowest BCUT2D eigenvalue weighted by atomic mass is 10.2. The van der Waals surface area contributed by atoms with E-state index in [0.717, 1.165) is 10.9 Å². The standard InChI is InChI=1S/C14H16N2O2/c1-3-18-14(17)10(2)15-13-9-8-11-6-4-5-7-12(11)16-13/h4-10H,3H2,1-2H3,(H,15,16)/t10-/m0/s1/i9D. The Morgan fingerprint density at radius 3 is 3.06 bits per heavy atom. The molecule has 0 aliphatic rings. The number of pyridine rings is 1. The van der Waals surface area contributed by atoms with E-state index in [4.69, 9.17) is 6.11 Å². The number of hydrogen-bond donors (Lipinski definition) is 1. The van der Waals surface area contributed by atoms with Gasteiger partial charge in [0.15, 0.2) is 0 Å². The van der Waals surface area contributed by atoms with Gasteiger partial charge in [0, 0.05) is 5.39 Å². The second-order valence-corrected chi connectivity index (χ2v) is 3.93. The van der Waals surface area contributed by atoms with Crippen LogP contribution in [0.15, 0.2) is 36.4 Å². The number of nitrogens with one attached hydrogen (secondary N) is 1. The quantitative estimate of drug-likeness (QED) is 0.841. The summed E-state index contributed by atoms with van der Waals surface area (Å²) in [4.78, 5) is 15.9. The van der Waals surface area contributed by atoms with Crippen LogP contribution in [0.5, 0.6) is 0 Å². The number of ether oxygens (including phenoxy) is 1. The molecule has 1 aromatic heterocycles. The van der Waals surface area contributed by atoms with Crippen molar-refractivity contribution < 1.29 is 10.9 Å². The van der Waals surface area contributed by atoms with Crippen LogP contribution in [-0.2, 0) is 9.53 Å². The highest BCUT2D eigenvalue weighted by atomic mass is 16.5. The summed E-state index contributed by atoms with van der Waals surface area (Å²) in [5.74, 6) is 0.0381. The third kappa shape index (κ3) is 2.77. The number of aromatic nitrogens is 1. The number of rotatable bonds is 4. The van der Waals surface area contributed by atoms with Crippen molar-refractivity contribution in [1.29, 1.82) is 0 Å². The zero-order valence-corrected chi connectivity index (χ0v) is 10.4. The summed E-state index contributed by atoms with van der Waals surface area (Å²) in [6.45, 7) is 3.78. The normalized spacial score (nSPS) is 12.9. The molecule has 0 aliphatic heterocycles. The molecule has 0 spiro atoms. The molecule has 1 atom stereocenters. The Bertz CT molecular complexity index is 601. The van der Waals surface area contributed by atoms with Gasteiger partial charge in [-0.2, -0.15) is 0 Å². The Balaban J connectivity index is 2.25. The van der Waals surface area contributed by atoms with Gasteiger partial charge in [0.1, 0.15) is 11.9 Å². The summed E-state index contributed by atoms with van der Waals surface area (Å²) in [7, 11) is 0. The minimum atomic E-state index is -0.530. The van der Waals surface area contributed by atoms with Gasteiger partial charge in [0.05, 0.1) is 13.5 Å². The summed E-state index contributed by atoms with van der Waals surface area (Å²) in [5, 5.41) is 3.82. The van der Waals surface area contributed by atoms with Crippen LogP contribution in [0.2, 0.25) is 0 Å². The molecule has 0 radical (unpaired) electrons. The summed E-state index contributed by atoms with van der Waals surface area (Å²) >= 11 is 0. The molecule has 2 aromatic rings. The smallest absolute Gasteiger partial charge is 0.328 e. The number of carbonyl (C=O) groups excluding carboxylic acids is 1. The lowest BCUT2D eigenvalue weighted by Gasteiger charge is -2.13. The van der Waals surface area contributed by atoms with Gasteiger partial charge in [-0.3, -0.25) is 0 Å².